The molecule has 13 heteroatoms. The molecule has 12 nitrogen and oxygen atoms in total. The summed E-state index contributed by atoms with van der Waals surface area (Å²) in [5.74, 6) is -2.78. The van der Waals surface area contributed by atoms with Gasteiger partial charge >= 0.3 is 5.97 Å². The number of aliphatic imine (C=N–C) groups is 1. The average molecular weight is 432 g/mol. The quantitative estimate of drug-likeness (QED) is 0.0773. The van der Waals surface area contributed by atoms with Crippen LogP contribution in [0.15, 0.2) is 4.99 Å². The maximum Gasteiger partial charge on any atom is 0.326 e. The zero-order chi connectivity index (χ0) is 22.0. The summed E-state index contributed by atoms with van der Waals surface area (Å²) in [5.41, 5.74) is 16.1. The lowest BCUT2D eigenvalue weighted by Crippen LogP contribution is -2.54. The number of thiol groups is 1. The first-order valence-electron chi connectivity index (χ1n) is 9.19. The van der Waals surface area contributed by atoms with E-state index in [-0.39, 0.29) is 18.3 Å². The normalized spacial score (nSPS) is 17.9. The number of hydrogen-bond donors (Lipinski definition) is 7. The number of nitrogens with zero attached hydrogens (tertiary/aromatic N) is 2. The van der Waals surface area contributed by atoms with Gasteiger partial charge in [-0.15, -0.1) is 0 Å². The number of hydrogen-bond acceptors (Lipinski definition) is 7. The van der Waals surface area contributed by atoms with Crippen LogP contribution in [-0.4, -0.2) is 83.2 Å². The van der Waals surface area contributed by atoms with Gasteiger partial charge in [0.1, 0.15) is 12.1 Å². The van der Waals surface area contributed by atoms with Crippen molar-refractivity contribution < 1.29 is 24.3 Å². The number of nitrogens with one attached hydrogen (secondary N) is 2. The van der Waals surface area contributed by atoms with E-state index in [2.05, 4.69) is 28.3 Å². The minimum absolute atomic E-state index is 0.00827. The summed E-state index contributed by atoms with van der Waals surface area (Å²) in [7, 11) is 0. The second kappa shape index (κ2) is 12.1. The molecule has 0 aromatic rings. The summed E-state index contributed by atoms with van der Waals surface area (Å²) in [6.07, 6.45) is 1.77. The molecular formula is C16H29N7O5S. The molecule has 3 amide bonds. The highest BCUT2D eigenvalue weighted by Gasteiger charge is 2.37. The van der Waals surface area contributed by atoms with Crippen LogP contribution in [0.2, 0.25) is 0 Å². The number of nitrogens with two attached hydrogens (primary N) is 3. The largest absolute Gasteiger partial charge is 0.480 e. The van der Waals surface area contributed by atoms with E-state index in [9.17, 15) is 24.3 Å². The highest BCUT2D eigenvalue weighted by molar-refractivity contribution is 7.80. The lowest BCUT2D eigenvalue weighted by molar-refractivity contribution is -0.149. The van der Waals surface area contributed by atoms with E-state index in [1.807, 2.05) is 0 Å². The van der Waals surface area contributed by atoms with Gasteiger partial charge in [-0.2, -0.15) is 12.6 Å². The maximum absolute atomic E-state index is 12.5. The molecule has 0 saturated carbocycles. The maximum atomic E-state index is 12.5. The third-order valence-corrected chi connectivity index (χ3v) is 4.73. The van der Waals surface area contributed by atoms with Crippen molar-refractivity contribution in [2.75, 3.05) is 25.4 Å². The second-order valence-electron chi connectivity index (χ2n) is 6.60. The van der Waals surface area contributed by atoms with Crippen LogP contribution in [0.25, 0.3) is 0 Å². The molecule has 29 heavy (non-hydrogen) atoms. The highest BCUT2D eigenvalue weighted by atomic mass is 32.1. The third kappa shape index (κ3) is 8.15. The molecule has 0 bridgehead atoms. The molecule has 0 aliphatic carbocycles. The van der Waals surface area contributed by atoms with Crippen LogP contribution in [0.3, 0.4) is 0 Å². The zero-order valence-corrected chi connectivity index (χ0v) is 16.9. The van der Waals surface area contributed by atoms with Crippen LogP contribution in [0, 0.1) is 0 Å². The van der Waals surface area contributed by atoms with Gasteiger partial charge in [0, 0.05) is 18.8 Å². The van der Waals surface area contributed by atoms with Gasteiger partial charge in [0.15, 0.2) is 5.96 Å². The van der Waals surface area contributed by atoms with Crippen molar-refractivity contribution in [3.63, 3.8) is 0 Å². The molecule has 0 radical (unpaired) electrons. The summed E-state index contributed by atoms with van der Waals surface area (Å²) < 4.78 is 0. The van der Waals surface area contributed by atoms with E-state index in [0.717, 1.165) is 0 Å². The molecule has 0 spiro atoms. The summed E-state index contributed by atoms with van der Waals surface area (Å²) in [6.45, 7) is 0.269. The number of guanidine groups is 1. The summed E-state index contributed by atoms with van der Waals surface area (Å²) in [4.78, 5) is 52.8. The first-order chi connectivity index (χ1) is 13.7. The van der Waals surface area contributed by atoms with Crippen LogP contribution < -0.4 is 27.8 Å². The number of carboxylic acid groups (broad SMARTS) is 1. The van der Waals surface area contributed by atoms with E-state index >= 15 is 0 Å². The lowest BCUT2D eigenvalue weighted by Gasteiger charge is -2.26. The summed E-state index contributed by atoms with van der Waals surface area (Å²) in [6, 6.07) is -2.73. The minimum atomic E-state index is -1.08. The van der Waals surface area contributed by atoms with E-state index in [1.165, 1.54) is 4.90 Å². The molecule has 9 N–H and O–H groups in total. The second-order valence-corrected chi connectivity index (χ2v) is 6.97. The van der Waals surface area contributed by atoms with Crippen molar-refractivity contribution in [3.8, 4) is 0 Å². The van der Waals surface area contributed by atoms with Gasteiger partial charge in [0.25, 0.3) is 0 Å². The number of carbonyl (C=O) groups is 4. The van der Waals surface area contributed by atoms with E-state index in [0.29, 0.717) is 38.8 Å². The molecule has 164 valence electrons. The summed E-state index contributed by atoms with van der Waals surface area (Å²) in [5, 5.41) is 14.0. The Morgan fingerprint density at radius 2 is 1.97 bits per heavy atom. The smallest absolute Gasteiger partial charge is 0.326 e. The highest BCUT2D eigenvalue weighted by Crippen LogP contribution is 2.18. The van der Waals surface area contributed by atoms with E-state index < -0.39 is 41.8 Å². The molecule has 0 aromatic carbocycles. The van der Waals surface area contributed by atoms with E-state index in [4.69, 9.17) is 17.2 Å². The fourth-order valence-corrected chi connectivity index (χ4v) is 3.11. The molecular weight excluding hydrogens is 402 g/mol. The first-order valence-corrected chi connectivity index (χ1v) is 9.82. The molecule has 1 aliphatic rings. The fourth-order valence-electron chi connectivity index (χ4n) is 2.87. The monoisotopic (exact) mass is 431 g/mol. The number of aliphatic carboxylic acids is 1. The van der Waals surface area contributed by atoms with E-state index in [1.54, 1.807) is 0 Å². The van der Waals surface area contributed by atoms with Crippen molar-refractivity contribution in [2.45, 2.75) is 43.8 Å². The van der Waals surface area contributed by atoms with Crippen LogP contribution in [0.5, 0.6) is 0 Å². The molecule has 1 heterocycles. The van der Waals surface area contributed by atoms with Crippen molar-refractivity contribution in [1.82, 2.24) is 15.5 Å². The summed E-state index contributed by atoms with van der Waals surface area (Å²) >= 11 is 4.06. The predicted octanol–water partition coefficient (Wildman–Crippen LogP) is -3.03. The Hall–Kier alpha value is -2.54. The number of carboxylic acids is 1. The number of likely N-dealkylation sites (tertiary alicyclic amines) is 1. The van der Waals surface area contributed by atoms with Gasteiger partial charge in [0.2, 0.25) is 17.7 Å². The standard InChI is InChI=1S/C16H29N7O5S/c17-9(3-1-5-20-16(18)19)13(25)21-7-12(24)22-10(8-29)14(26)23-6-2-4-11(23)15(27)28/h9-11,29H,1-8,17H2,(H,21,25)(H,22,24)(H,27,28)(H4,18,19,20). The van der Waals surface area contributed by atoms with Crippen LogP contribution in [0.4, 0.5) is 0 Å². The zero-order valence-electron chi connectivity index (χ0n) is 16.0. The molecule has 0 aromatic heterocycles. The van der Waals surface area contributed by atoms with Gasteiger partial charge in [-0.3, -0.25) is 19.4 Å². The lowest BCUT2D eigenvalue weighted by atomic mass is 10.1. The number of amides is 3. The molecule has 1 rings (SSSR count). The van der Waals surface area contributed by atoms with Crippen molar-refractivity contribution in [2.24, 2.45) is 22.2 Å². The number of rotatable bonds is 11. The van der Waals surface area contributed by atoms with Crippen LogP contribution in [-0.2, 0) is 19.2 Å². The fraction of sp³-hybridized carbons (Fsp3) is 0.688. The molecule has 3 unspecified atom stereocenters. The predicted molar refractivity (Wildman–Crippen MR) is 109 cm³/mol. The number of carbonyl (C=O) groups excluding carboxylic acids is 3. The van der Waals surface area contributed by atoms with Crippen LogP contribution >= 0.6 is 12.6 Å². The topological polar surface area (TPSA) is 206 Å². The molecule has 1 aliphatic heterocycles. The Bertz CT molecular complexity index is 641. The Morgan fingerprint density at radius 1 is 1.28 bits per heavy atom. The van der Waals surface area contributed by atoms with Gasteiger partial charge in [-0.1, -0.05) is 0 Å². The Kier molecular flexibility index (Phi) is 10.2. The van der Waals surface area contributed by atoms with Crippen molar-refractivity contribution in [3.05, 3.63) is 0 Å². The van der Waals surface area contributed by atoms with Gasteiger partial charge in [-0.25, -0.2) is 4.79 Å². The molecule has 1 saturated heterocycles. The Balaban J connectivity index is 2.45. The van der Waals surface area contributed by atoms with Gasteiger partial charge in [0.05, 0.1) is 12.6 Å². The molecule has 3 atom stereocenters. The van der Waals surface area contributed by atoms with Gasteiger partial charge in [-0.05, 0) is 25.7 Å². The van der Waals surface area contributed by atoms with Crippen molar-refractivity contribution >= 4 is 42.3 Å². The van der Waals surface area contributed by atoms with Crippen molar-refractivity contribution in [1.29, 1.82) is 0 Å². The van der Waals surface area contributed by atoms with Crippen LogP contribution in [0.1, 0.15) is 25.7 Å². The third-order valence-electron chi connectivity index (χ3n) is 4.36. The Morgan fingerprint density at radius 3 is 2.55 bits per heavy atom. The minimum Gasteiger partial charge on any atom is -0.480 e. The SMILES string of the molecule is NC(N)=NCCCC(N)C(=O)NCC(=O)NC(CS)C(=O)N1CCCC1C(=O)O. The molecule has 1 fully saturated rings. The average Bonchev–Trinajstić information content (AvgIpc) is 3.16. The first kappa shape index (κ1) is 24.5. The van der Waals surface area contributed by atoms with Gasteiger partial charge < -0.3 is 37.8 Å². The Labute approximate surface area is 174 Å².